The minimum absolute atomic E-state index is 0.124. The lowest BCUT2D eigenvalue weighted by Gasteiger charge is -2.34. The standard InChI is InChI=1S/C8H4Cl8/c9-3-4(10)7(14)2(5(11)12)1-6(3,13)8(7,15)16/h2,5H,1H2. The summed E-state index contributed by atoms with van der Waals surface area (Å²) in [7, 11) is 0. The normalized spacial score (nSPS) is 45.9. The molecule has 1 saturated carbocycles. The van der Waals surface area contributed by atoms with Crippen LogP contribution in [0.3, 0.4) is 0 Å². The molecule has 3 unspecified atom stereocenters. The lowest BCUT2D eigenvalue weighted by atomic mass is 9.94. The van der Waals surface area contributed by atoms with Gasteiger partial charge in [0.1, 0.15) is 14.6 Å². The molecule has 0 heterocycles. The van der Waals surface area contributed by atoms with Gasteiger partial charge in [0.2, 0.25) is 0 Å². The Hall–Kier alpha value is 2.06. The minimum atomic E-state index is -1.54. The zero-order valence-electron chi connectivity index (χ0n) is 7.39. The van der Waals surface area contributed by atoms with Crippen LogP contribution in [0.1, 0.15) is 6.42 Å². The highest BCUT2D eigenvalue weighted by Crippen LogP contribution is 2.75. The zero-order chi connectivity index (χ0) is 12.5. The van der Waals surface area contributed by atoms with Crippen molar-refractivity contribution in [1.82, 2.24) is 0 Å². The monoisotopic (exact) mass is 380 g/mol. The van der Waals surface area contributed by atoms with Crippen LogP contribution in [0.2, 0.25) is 0 Å². The summed E-state index contributed by atoms with van der Waals surface area (Å²) in [6, 6.07) is 0. The second-order valence-corrected chi connectivity index (χ2v) is 8.35. The third kappa shape index (κ3) is 1.40. The summed E-state index contributed by atoms with van der Waals surface area (Å²) >= 11 is 48.9. The summed E-state index contributed by atoms with van der Waals surface area (Å²) in [6.07, 6.45) is 0.276. The van der Waals surface area contributed by atoms with E-state index in [-0.39, 0.29) is 16.5 Å². The number of rotatable bonds is 1. The van der Waals surface area contributed by atoms with Crippen LogP contribution in [0, 0.1) is 5.92 Å². The van der Waals surface area contributed by atoms with E-state index in [0.717, 1.165) is 0 Å². The lowest BCUT2D eigenvalue weighted by Crippen LogP contribution is -2.45. The first kappa shape index (κ1) is 14.5. The molecule has 2 aliphatic carbocycles. The van der Waals surface area contributed by atoms with Gasteiger partial charge >= 0.3 is 0 Å². The first-order valence-electron chi connectivity index (χ1n) is 4.20. The molecule has 92 valence electrons. The molecule has 0 aliphatic heterocycles. The Morgan fingerprint density at radius 1 is 1.00 bits per heavy atom. The zero-order valence-corrected chi connectivity index (χ0v) is 13.4. The molecule has 2 rings (SSSR count). The van der Waals surface area contributed by atoms with Crippen molar-refractivity contribution in [3.05, 3.63) is 10.1 Å². The third-order valence-electron chi connectivity index (χ3n) is 3.13. The van der Waals surface area contributed by atoms with Crippen molar-refractivity contribution < 1.29 is 0 Å². The van der Waals surface area contributed by atoms with Crippen molar-refractivity contribution in [1.29, 1.82) is 0 Å². The summed E-state index contributed by atoms with van der Waals surface area (Å²) < 4.78 is -1.54. The Morgan fingerprint density at radius 2 is 1.50 bits per heavy atom. The predicted molar refractivity (Wildman–Crippen MR) is 73.9 cm³/mol. The maximum atomic E-state index is 6.39. The Morgan fingerprint density at radius 3 is 1.81 bits per heavy atom. The molecule has 16 heavy (non-hydrogen) atoms. The smallest absolute Gasteiger partial charge is 0.110 e. The van der Waals surface area contributed by atoms with E-state index in [1.54, 1.807) is 0 Å². The van der Waals surface area contributed by atoms with Crippen molar-refractivity contribution in [2.75, 3.05) is 0 Å². The van der Waals surface area contributed by atoms with Crippen molar-refractivity contribution >= 4 is 92.8 Å². The first-order valence-corrected chi connectivity index (χ1v) is 7.34. The maximum absolute atomic E-state index is 6.39. The summed E-state index contributed by atoms with van der Waals surface area (Å²) in [5, 5.41) is 0.291. The second-order valence-electron chi connectivity index (χ2n) is 3.86. The van der Waals surface area contributed by atoms with E-state index in [1.807, 2.05) is 0 Å². The van der Waals surface area contributed by atoms with Crippen LogP contribution in [0.25, 0.3) is 0 Å². The molecule has 0 radical (unpaired) electrons. The van der Waals surface area contributed by atoms with Crippen LogP contribution < -0.4 is 0 Å². The topological polar surface area (TPSA) is 0 Å². The second kappa shape index (κ2) is 4.03. The SMILES string of the molecule is ClC1=C(Cl)C2(Cl)C(C(Cl)Cl)CC1(Cl)C2(Cl)Cl. The highest BCUT2D eigenvalue weighted by molar-refractivity contribution is 6.66. The molecule has 0 aromatic carbocycles. The molecule has 8 heteroatoms. The molecule has 0 amide bonds. The molecule has 0 saturated heterocycles. The molecule has 0 N–H and O–H groups in total. The largest absolute Gasteiger partial charge is 0.166 e. The number of hydrogen-bond acceptors (Lipinski definition) is 0. The van der Waals surface area contributed by atoms with E-state index in [4.69, 9.17) is 92.8 Å². The van der Waals surface area contributed by atoms with Crippen LogP contribution in [-0.4, -0.2) is 18.9 Å². The molecular formula is C8H4Cl8. The Bertz CT molecular complexity index is 374. The fraction of sp³-hybridized carbons (Fsp3) is 0.750. The highest BCUT2D eigenvalue weighted by Gasteiger charge is 2.79. The van der Waals surface area contributed by atoms with Gasteiger partial charge in [0.25, 0.3) is 0 Å². The maximum Gasteiger partial charge on any atom is 0.166 e. The predicted octanol–water partition coefficient (Wildman–Crippen LogP) is 5.64. The van der Waals surface area contributed by atoms with E-state index >= 15 is 0 Å². The molecule has 0 aromatic heterocycles. The average Bonchev–Trinajstić information content (AvgIpc) is 2.39. The first-order chi connectivity index (χ1) is 7.10. The average molecular weight is 384 g/mol. The molecule has 0 spiro atoms. The van der Waals surface area contributed by atoms with Crippen LogP contribution in [0.4, 0.5) is 0 Å². The number of alkyl halides is 6. The van der Waals surface area contributed by atoms with Crippen LogP contribution in [-0.2, 0) is 0 Å². The molecule has 2 bridgehead atoms. The van der Waals surface area contributed by atoms with E-state index in [0.29, 0.717) is 0 Å². The van der Waals surface area contributed by atoms with E-state index in [2.05, 4.69) is 0 Å². The molecular weight excluding hydrogens is 380 g/mol. The van der Waals surface area contributed by atoms with Crippen LogP contribution in [0.5, 0.6) is 0 Å². The van der Waals surface area contributed by atoms with Gasteiger partial charge in [-0.3, -0.25) is 0 Å². The van der Waals surface area contributed by atoms with Crippen molar-refractivity contribution in [3.8, 4) is 0 Å². The molecule has 0 aromatic rings. The van der Waals surface area contributed by atoms with Gasteiger partial charge in [0, 0.05) is 5.92 Å². The highest BCUT2D eigenvalue weighted by atomic mass is 35.5. The van der Waals surface area contributed by atoms with Gasteiger partial charge in [-0.1, -0.05) is 46.4 Å². The lowest BCUT2D eigenvalue weighted by molar-refractivity contribution is 0.495. The van der Waals surface area contributed by atoms with Gasteiger partial charge in [0.05, 0.1) is 10.1 Å². The number of hydrogen-bond donors (Lipinski definition) is 0. The van der Waals surface area contributed by atoms with Crippen molar-refractivity contribution in [3.63, 3.8) is 0 Å². The Kier molecular flexibility index (Phi) is 3.64. The van der Waals surface area contributed by atoms with Crippen LogP contribution >= 0.6 is 92.8 Å². The molecule has 3 atom stereocenters. The molecule has 1 fully saturated rings. The quantitative estimate of drug-likeness (QED) is 0.514. The summed E-state index contributed by atoms with van der Waals surface area (Å²) in [4.78, 5) is -3.36. The van der Waals surface area contributed by atoms with Gasteiger partial charge in [-0.15, -0.1) is 46.4 Å². The van der Waals surface area contributed by atoms with E-state index < -0.39 is 24.8 Å². The summed E-state index contributed by atoms with van der Waals surface area (Å²) in [5.41, 5.74) is 0. The Balaban J connectivity index is 2.64. The number of allylic oxidation sites excluding steroid dienone is 2. The third-order valence-corrected chi connectivity index (χ3v) is 8.04. The van der Waals surface area contributed by atoms with E-state index in [9.17, 15) is 0 Å². The van der Waals surface area contributed by atoms with Gasteiger partial charge in [-0.2, -0.15) is 0 Å². The summed E-state index contributed by atoms with van der Waals surface area (Å²) in [5.74, 6) is -0.458. The summed E-state index contributed by atoms with van der Waals surface area (Å²) in [6.45, 7) is 0. The van der Waals surface area contributed by atoms with Crippen molar-refractivity contribution in [2.24, 2.45) is 5.92 Å². The molecule has 0 nitrogen and oxygen atoms in total. The Labute approximate surface area is 133 Å². The van der Waals surface area contributed by atoms with Crippen LogP contribution in [0.15, 0.2) is 10.1 Å². The fourth-order valence-corrected chi connectivity index (χ4v) is 5.73. The fourth-order valence-electron chi connectivity index (χ4n) is 2.22. The van der Waals surface area contributed by atoms with Crippen molar-refractivity contribution in [2.45, 2.75) is 25.3 Å². The van der Waals surface area contributed by atoms with Gasteiger partial charge in [-0.25, -0.2) is 0 Å². The van der Waals surface area contributed by atoms with Gasteiger partial charge in [-0.05, 0) is 6.42 Å². The number of fused-ring (bicyclic) bond motifs is 2. The minimum Gasteiger partial charge on any atom is -0.110 e. The number of halogens is 8. The van der Waals surface area contributed by atoms with Gasteiger partial charge < -0.3 is 0 Å². The van der Waals surface area contributed by atoms with Gasteiger partial charge in [0.15, 0.2) is 4.33 Å². The van der Waals surface area contributed by atoms with E-state index in [1.165, 1.54) is 0 Å². The molecule has 2 aliphatic rings.